The Balaban J connectivity index is 1.03. The van der Waals surface area contributed by atoms with Crippen LogP contribution in [0.2, 0.25) is 0 Å². The second-order valence-corrected chi connectivity index (χ2v) is 18.9. The molecule has 294 valence electrons. The van der Waals surface area contributed by atoms with Gasteiger partial charge in [-0.3, -0.25) is 0 Å². The van der Waals surface area contributed by atoms with Gasteiger partial charge in [0.2, 0.25) is 0 Å². The predicted octanol–water partition coefficient (Wildman–Crippen LogP) is 15.7. The third-order valence-electron chi connectivity index (χ3n) is 13.6. The van der Waals surface area contributed by atoms with Crippen molar-refractivity contribution in [2.75, 3.05) is 4.90 Å². The minimum Gasteiger partial charge on any atom is -0.0617 e. The van der Waals surface area contributed by atoms with Gasteiger partial charge in [-0.1, -0.05) is 48.5 Å². The summed E-state index contributed by atoms with van der Waals surface area (Å²) in [6.45, 7) is 0. The van der Waals surface area contributed by atoms with Gasteiger partial charge in [0, 0.05) is 0 Å². The molecule has 14 rings (SSSR count). The van der Waals surface area contributed by atoms with Gasteiger partial charge in [-0.2, -0.15) is 0 Å². The van der Waals surface area contributed by atoms with Gasteiger partial charge < -0.3 is 0 Å². The summed E-state index contributed by atoms with van der Waals surface area (Å²) < 4.78 is 15.5. The minimum atomic E-state index is -0.611. The normalized spacial score (nSPS) is 13.5. The van der Waals surface area contributed by atoms with Gasteiger partial charge in [0.15, 0.2) is 0 Å². The van der Waals surface area contributed by atoms with E-state index < -0.39 is 5.41 Å². The Bertz CT molecular complexity index is 3730. The van der Waals surface area contributed by atoms with Crippen LogP contribution in [0.1, 0.15) is 22.3 Å². The van der Waals surface area contributed by atoms with Gasteiger partial charge >= 0.3 is 306 Å². The molecule has 0 bridgehead atoms. The molecule has 2 aliphatic rings. The van der Waals surface area contributed by atoms with Crippen molar-refractivity contribution in [2.45, 2.75) is 5.41 Å². The van der Waals surface area contributed by atoms with Crippen molar-refractivity contribution in [3.63, 3.8) is 0 Å². The number of hydrogen-bond acceptors (Lipinski definition) is 3. The van der Waals surface area contributed by atoms with Crippen LogP contribution in [0.5, 0.6) is 0 Å². The number of nitrogens with zero attached hydrogens (tertiary/aromatic N) is 1. The van der Waals surface area contributed by atoms with Crippen molar-refractivity contribution in [3.8, 4) is 44.9 Å². The van der Waals surface area contributed by atoms with Crippen molar-refractivity contribution >= 4 is 72.4 Å². The van der Waals surface area contributed by atoms with Crippen LogP contribution in [0.15, 0.2) is 222 Å². The number of furan rings is 2. The first kappa shape index (κ1) is 35.0. The predicted molar refractivity (Wildman–Crippen MR) is 260 cm³/mol. The summed E-state index contributed by atoms with van der Waals surface area (Å²) in [6, 6.07) is 73.9. The van der Waals surface area contributed by atoms with Crippen molar-refractivity contribution in [1.29, 1.82) is 0 Å². The number of hydrogen-bond donors (Lipinski definition) is 0. The van der Waals surface area contributed by atoms with Gasteiger partial charge in [0.05, 0.1) is 0 Å². The van der Waals surface area contributed by atoms with Crippen LogP contribution in [0, 0.1) is 0 Å². The third-order valence-corrected chi connectivity index (χ3v) is 16.1. The minimum absolute atomic E-state index is 0.0840. The van der Waals surface area contributed by atoms with Crippen LogP contribution in [-0.2, 0) is 5.41 Å². The van der Waals surface area contributed by atoms with Gasteiger partial charge in [0.25, 0.3) is 0 Å². The molecular formula is C59H35NO2Se. The fraction of sp³-hybridized carbons (Fsp3) is 0.0169. The van der Waals surface area contributed by atoms with Crippen LogP contribution in [0.4, 0.5) is 17.1 Å². The van der Waals surface area contributed by atoms with E-state index in [2.05, 4.69) is 205 Å². The zero-order valence-corrected chi connectivity index (χ0v) is 35.6. The Morgan fingerprint density at radius 2 is 0.937 bits per heavy atom. The van der Waals surface area contributed by atoms with Gasteiger partial charge in [-0.05, 0) is 17.2 Å². The van der Waals surface area contributed by atoms with E-state index in [1.807, 2.05) is 12.5 Å². The average molecular weight is 869 g/mol. The number of fused-ring (bicyclic) bond motifs is 15. The Hall–Kier alpha value is -7.62. The summed E-state index contributed by atoms with van der Waals surface area (Å²) in [5.74, 6) is 1.64. The summed E-state index contributed by atoms with van der Waals surface area (Å²) in [7, 11) is 0. The standard InChI is InChI=1S/C59H35NO2Se/c1-2-14-36(15-3-1)37-16-12-17-38(34-37)53-42-21-4-6-23-44(42)54(45-24-7-5-22-43(45)53)39-18-13-19-40(35-39)60-50-26-10-9-25-47(50)59(48-30-32-61-56(48)57-49(59)31-33-62-57)55-51(60)29-28-46-41-20-8-11-27-52(41)63-58(46)55/h1-35H. The average Bonchev–Trinajstić information content (AvgIpc) is 4.15. The molecule has 12 aromatic rings. The maximum atomic E-state index is 6.31. The number of rotatable bonds is 4. The van der Waals surface area contributed by atoms with E-state index in [-0.39, 0.29) is 14.5 Å². The molecule has 9 aromatic carbocycles. The van der Waals surface area contributed by atoms with Crippen LogP contribution in [0.25, 0.3) is 85.7 Å². The second kappa shape index (κ2) is 13.2. The molecule has 3 nitrogen and oxygen atoms in total. The van der Waals surface area contributed by atoms with Crippen molar-refractivity contribution in [2.24, 2.45) is 0 Å². The maximum Gasteiger partial charge on any atom is -0.0465 e. The number of para-hydroxylation sites is 1. The van der Waals surface area contributed by atoms with E-state index in [0.29, 0.717) is 0 Å². The molecule has 1 aliphatic carbocycles. The molecule has 4 heterocycles. The molecule has 1 aliphatic heterocycles. The third kappa shape index (κ3) is 4.74. The van der Waals surface area contributed by atoms with E-state index in [1.54, 1.807) is 0 Å². The second-order valence-electron chi connectivity index (χ2n) is 16.7. The van der Waals surface area contributed by atoms with Crippen molar-refractivity contribution in [3.05, 3.63) is 235 Å². The van der Waals surface area contributed by atoms with Crippen LogP contribution >= 0.6 is 0 Å². The smallest absolute Gasteiger partial charge is 0.0465 e. The molecule has 0 saturated heterocycles. The topological polar surface area (TPSA) is 29.5 Å². The number of benzene rings is 9. The van der Waals surface area contributed by atoms with Gasteiger partial charge in [-0.25, -0.2) is 0 Å². The molecule has 0 N–H and O–H groups in total. The zero-order chi connectivity index (χ0) is 41.2. The zero-order valence-electron chi connectivity index (χ0n) is 33.9. The first-order chi connectivity index (χ1) is 31.3. The van der Waals surface area contributed by atoms with Gasteiger partial charge in [0.1, 0.15) is 0 Å². The molecular weight excluding hydrogens is 834 g/mol. The molecule has 1 spiro atoms. The fourth-order valence-corrected chi connectivity index (χ4v) is 13.9. The Labute approximate surface area is 369 Å². The molecule has 0 saturated carbocycles. The van der Waals surface area contributed by atoms with Gasteiger partial charge in [-0.15, -0.1) is 0 Å². The first-order valence-corrected chi connectivity index (χ1v) is 23.2. The van der Waals surface area contributed by atoms with E-state index >= 15 is 0 Å². The number of anilines is 3. The fourth-order valence-electron chi connectivity index (χ4n) is 11.2. The Morgan fingerprint density at radius 1 is 0.381 bits per heavy atom. The van der Waals surface area contributed by atoms with Crippen molar-refractivity contribution < 1.29 is 8.83 Å². The Kier molecular flexibility index (Phi) is 7.33. The maximum absolute atomic E-state index is 6.31. The molecule has 0 atom stereocenters. The SMILES string of the molecule is c1ccc(-c2cccc(-c3c4ccccc4c(-c4cccc(N5c6ccccc6C6(c7ccoc7-c7occc76)c6c5ccc5c6[se]c6ccccc65)c4)c4ccccc34)c2)cc1. The molecule has 0 radical (unpaired) electrons. The summed E-state index contributed by atoms with van der Waals surface area (Å²) in [6.07, 6.45) is 3.66. The molecule has 4 heteroatoms. The van der Waals surface area contributed by atoms with E-state index in [1.165, 1.54) is 91.0 Å². The summed E-state index contributed by atoms with van der Waals surface area (Å²) >= 11 is 0.0840. The van der Waals surface area contributed by atoms with Crippen molar-refractivity contribution in [1.82, 2.24) is 0 Å². The molecule has 0 unspecified atom stereocenters. The van der Waals surface area contributed by atoms with Crippen LogP contribution in [-0.4, -0.2) is 14.5 Å². The molecule has 3 aromatic heterocycles. The monoisotopic (exact) mass is 869 g/mol. The first-order valence-electron chi connectivity index (χ1n) is 21.5. The summed E-state index contributed by atoms with van der Waals surface area (Å²) in [5.41, 5.74) is 15.0. The van der Waals surface area contributed by atoms with E-state index in [4.69, 9.17) is 8.83 Å². The summed E-state index contributed by atoms with van der Waals surface area (Å²) in [4.78, 5) is 2.52. The van der Waals surface area contributed by atoms with E-state index in [0.717, 1.165) is 34.0 Å². The van der Waals surface area contributed by atoms with Crippen LogP contribution in [0.3, 0.4) is 0 Å². The molecule has 0 fully saturated rings. The van der Waals surface area contributed by atoms with E-state index in [9.17, 15) is 0 Å². The molecule has 0 amide bonds. The Morgan fingerprint density at radius 3 is 1.63 bits per heavy atom. The quantitative estimate of drug-likeness (QED) is 0.130. The summed E-state index contributed by atoms with van der Waals surface area (Å²) in [5, 5.41) is 7.61. The largest absolute Gasteiger partial charge is 0.0617 e. The van der Waals surface area contributed by atoms with Crippen LogP contribution < -0.4 is 4.90 Å². The molecule has 63 heavy (non-hydrogen) atoms.